The lowest BCUT2D eigenvalue weighted by Crippen LogP contribution is -2.21. The molecular formula is C22H21NO4. The summed E-state index contributed by atoms with van der Waals surface area (Å²) in [6, 6.07) is 18.7. The quantitative estimate of drug-likeness (QED) is 0.667. The first-order valence-electron chi connectivity index (χ1n) is 8.73. The van der Waals surface area contributed by atoms with Gasteiger partial charge in [0.1, 0.15) is 11.3 Å². The highest BCUT2D eigenvalue weighted by molar-refractivity contribution is 6.00. The first kappa shape index (κ1) is 18.5. The summed E-state index contributed by atoms with van der Waals surface area (Å²) in [5, 5.41) is 4.59. The Morgan fingerprint density at radius 1 is 0.963 bits per heavy atom. The van der Waals surface area contributed by atoms with E-state index in [0.29, 0.717) is 11.4 Å². The Morgan fingerprint density at radius 3 is 2.41 bits per heavy atom. The number of hydrogen-bond donors (Lipinski definition) is 1. The second-order valence-corrected chi connectivity index (χ2v) is 6.08. The lowest BCUT2D eigenvalue weighted by atomic mass is 10.1. The zero-order chi connectivity index (χ0) is 19.2. The Labute approximate surface area is 157 Å². The highest BCUT2D eigenvalue weighted by Gasteiger charge is 2.16. The number of fused-ring (bicyclic) bond motifs is 1. The first-order valence-corrected chi connectivity index (χ1v) is 8.73. The van der Waals surface area contributed by atoms with Crippen LogP contribution in [0.3, 0.4) is 0 Å². The van der Waals surface area contributed by atoms with Gasteiger partial charge in [-0.05, 0) is 47.0 Å². The number of ether oxygens (including phenoxy) is 2. The Balaban J connectivity index is 1.68. The van der Waals surface area contributed by atoms with Crippen molar-refractivity contribution in [1.29, 1.82) is 0 Å². The van der Waals surface area contributed by atoms with Gasteiger partial charge in [0.05, 0.1) is 7.11 Å². The first-order chi connectivity index (χ1) is 13.1. The Bertz CT molecular complexity index is 981. The molecule has 0 aliphatic carbocycles. The molecule has 0 heterocycles. The maximum Gasteiger partial charge on any atom is 0.342 e. The van der Waals surface area contributed by atoms with E-state index in [0.717, 1.165) is 22.8 Å². The number of carbonyl (C=O) groups is 2. The van der Waals surface area contributed by atoms with Crippen LogP contribution in [-0.2, 0) is 16.0 Å². The normalized spacial score (nSPS) is 10.4. The molecule has 5 nitrogen and oxygen atoms in total. The van der Waals surface area contributed by atoms with Crippen molar-refractivity contribution >= 4 is 28.3 Å². The number of esters is 1. The Kier molecular flexibility index (Phi) is 5.71. The molecule has 0 aliphatic rings. The van der Waals surface area contributed by atoms with Crippen LogP contribution in [0.15, 0.2) is 60.7 Å². The number of carbonyl (C=O) groups excluding carboxylic acids is 2. The van der Waals surface area contributed by atoms with Gasteiger partial charge in [0.15, 0.2) is 6.61 Å². The van der Waals surface area contributed by atoms with Crippen LogP contribution >= 0.6 is 0 Å². The molecule has 1 amide bonds. The molecule has 0 unspecified atom stereocenters. The van der Waals surface area contributed by atoms with E-state index in [2.05, 4.69) is 5.32 Å². The fraction of sp³-hybridized carbons (Fsp3) is 0.182. The highest BCUT2D eigenvalue weighted by Crippen LogP contribution is 2.26. The second kappa shape index (κ2) is 8.36. The summed E-state index contributed by atoms with van der Waals surface area (Å²) in [4.78, 5) is 24.5. The molecule has 0 atom stereocenters. The van der Waals surface area contributed by atoms with Crippen LogP contribution in [0.1, 0.15) is 22.8 Å². The number of methoxy groups -OCH3 is 1. The SMILES string of the molecule is CCc1cccc(NC(=O)COC(=O)c2cc3ccccc3cc2OC)c1. The molecule has 0 bridgehead atoms. The summed E-state index contributed by atoms with van der Waals surface area (Å²) in [7, 11) is 1.49. The Hall–Kier alpha value is -3.34. The third-order valence-electron chi connectivity index (χ3n) is 4.24. The zero-order valence-corrected chi connectivity index (χ0v) is 15.3. The molecule has 27 heavy (non-hydrogen) atoms. The summed E-state index contributed by atoms with van der Waals surface area (Å²) in [6.45, 7) is 1.67. The molecule has 5 heteroatoms. The van der Waals surface area contributed by atoms with Gasteiger partial charge in [-0.1, -0.05) is 43.3 Å². The largest absolute Gasteiger partial charge is 0.496 e. The van der Waals surface area contributed by atoms with Crippen LogP contribution in [0.25, 0.3) is 10.8 Å². The van der Waals surface area contributed by atoms with E-state index in [1.54, 1.807) is 18.2 Å². The van der Waals surface area contributed by atoms with Gasteiger partial charge >= 0.3 is 5.97 Å². The summed E-state index contributed by atoms with van der Waals surface area (Å²) in [5.41, 5.74) is 2.08. The molecule has 0 saturated carbocycles. The van der Waals surface area contributed by atoms with Gasteiger partial charge in [-0.3, -0.25) is 4.79 Å². The monoisotopic (exact) mass is 363 g/mol. The maximum absolute atomic E-state index is 12.4. The van der Waals surface area contributed by atoms with Gasteiger partial charge in [-0.15, -0.1) is 0 Å². The molecular weight excluding hydrogens is 342 g/mol. The van der Waals surface area contributed by atoms with Crippen LogP contribution in [0.2, 0.25) is 0 Å². The summed E-state index contributed by atoms with van der Waals surface area (Å²) in [6.07, 6.45) is 0.875. The third kappa shape index (κ3) is 4.44. The molecule has 0 spiro atoms. The van der Waals surface area contributed by atoms with E-state index in [-0.39, 0.29) is 12.2 Å². The number of benzene rings is 3. The van der Waals surface area contributed by atoms with Crippen LogP contribution in [0.5, 0.6) is 5.75 Å². The van der Waals surface area contributed by atoms with Crippen LogP contribution < -0.4 is 10.1 Å². The van der Waals surface area contributed by atoms with Gasteiger partial charge in [0.25, 0.3) is 5.91 Å². The fourth-order valence-corrected chi connectivity index (χ4v) is 2.82. The standard InChI is InChI=1S/C22H21NO4/c1-3-15-7-6-10-18(11-15)23-21(24)14-27-22(25)19-12-16-8-4-5-9-17(16)13-20(19)26-2/h4-13H,3,14H2,1-2H3,(H,23,24). The second-order valence-electron chi connectivity index (χ2n) is 6.08. The van der Waals surface area contributed by atoms with Crippen molar-refractivity contribution in [2.45, 2.75) is 13.3 Å². The predicted molar refractivity (Wildman–Crippen MR) is 105 cm³/mol. The van der Waals surface area contributed by atoms with E-state index < -0.39 is 11.9 Å². The van der Waals surface area contributed by atoms with Gasteiger partial charge in [0, 0.05) is 5.69 Å². The van der Waals surface area contributed by atoms with Gasteiger partial charge in [-0.25, -0.2) is 4.79 Å². The zero-order valence-electron chi connectivity index (χ0n) is 15.3. The minimum absolute atomic E-state index is 0.289. The number of nitrogens with one attached hydrogen (secondary N) is 1. The molecule has 0 fully saturated rings. The minimum atomic E-state index is -0.602. The molecule has 138 valence electrons. The molecule has 3 aromatic carbocycles. The van der Waals surface area contributed by atoms with Crippen molar-refractivity contribution < 1.29 is 19.1 Å². The number of anilines is 1. The Morgan fingerprint density at radius 2 is 1.70 bits per heavy atom. The summed E-state index contributed by atoms with van der Waals surface area (Å²) in [5.74, 6) is -0.582. The number of amides is 1. The van der Waals surface area contributed by atoms with E-state index in [1.165, 1.54) is 7.11 Å². The predicted octanol–water partition coefficient (Wildman–Crippen LogP) is 4.21. The maximum atomic E-state index is 12.4. The molecule has 0 saturated heterocycles. The average molecular weight is 363 g/mol. The smallest absolute Gasteiger partial charge is 0.342 e. The molecule has 3 rings (SSSR count). The van der Waals surface area contributed by atoms with Crippen LogP contribution in [0, 0.1) is 0 Å². The molecule has 0 radical (unpaired) electrons. The van der Waals surface area contributed by atoms with Gasteiger partial charge in [0.2, 0.25) is 0 Å². The topological polar surface area (TPSA) is 64.6 Å². The minimum Gasteiger partial charge on any atom is -0.496 e. The lowest BCUT2D eigenvalue weighted by Gasteiger charge is -2.11. The van der Waals surface area contributed by atoms with Crippen molar-refractivity contribution in [3.63, 3.8) is 0 Å². The van der Waals surface area contributed by atoms with Crippen LogP contribution in [-0.4, -0.2) is 25.6 Å². The van der Waals surface area contributed by atoms with Crippen molar-refractivity contribution in [1.82, 2.24) is 0 Å². The van der Waals surface area contributed by atoms with E-state index in [4.69, 9.17) is 9.47 Å². The van der Waals surface area contributed by atoms with Crippen molar-refractivity contribution in [3.8, 4) is 5.75 Å². The van der Waals surface area contributed by atoms with E-state index >= 15 is 0 Å². The van der Waals surface area contributed by atoms with Crippen LogP contribution in [0.4, 0.5) is 5.69 Å². The number of aryl methyl sites for hydroxylation is 1. The van der Waals surface area contributed by atoms with Gasteiger partial charge in [-0.2, -0.15) is 0 Å². The molecule has 3 aromatic rings. The summed E-state index contributed by atoms with van der Waals surface area (Å²) >= 11 is 0. The van der Waals surface area contributed by atoms with Crippen molar-refractivity contribution in [2.24, 2.45) is 0 Å². The number of hydrogen-bond acceptors (Lipinski definition) is 4. The van der Waals surface area contributed by atoms with E-state index in [1.807, 2.05) is 49.4 Å². The third-order valence-corrected chi connectivity index (χ3v) is 4.24. The van der Waals surface area contributed by atoms with Crippen molar-refractivity contribution in [3.05, 3.63) is 71.8 Å². The molecule has 1 N–H and O–H groups in total. The average Bonchev–Trinajstić information content (AvgIpc) is 2.71. The molecule has 0 aliphatic heterocycles. The molecule has 0 aromatic heterocycles. The fourth-order valence-electron chi connectivity index (χ4n) is 2.82. The highest BCUT2D eigenvalue weighted by atomic mass is 16.5. The van der Waals surface area contributed by atoms with Gasteiger partial charge < -0.3 is 14.8 Å². The van der Waals surface area contributed by atoms with Crippen molar-refractivity contribution in [2.75, 3.05) is 19.0 Å². The number of rotatable bonds is 6. The lowest BCUT2D eigenvalue weighted by molar-refractivity contribution is -0.119. The van der Waals surface area contributed by atoms with E-state index in [9.17, 15) is 9.59 Å². The summed E-state index contributed by atoms with van der Waals surface area (Å²) < 4.78 is 10.5.